The summed E-state index contributed by atoms with van der Waals surface area (Å²) in [6.45, 7) is -0.204. The van der Waals surface area contributed by atoms with Gasteiger partial charge in [0.25, 0.3) is 0 Å². The van der Waals surface area contributed by atoms with Gasteiger partial charge in [0.1, 0.15) is 24.6 Å². The van der Waals surface area contributed by atoms with Gasteiger partial charge in [-0.25, -0.2) is 9.18 Å². The van der Waals surface area contributed by atoms with Crippen molar-refractivity contribution in [1.29, 1.82) is 0 Å². The highest BCUT2D eigenvalue weighted by Gasteiger charge is 2.29. The summed E-state index contributed by atoms with van der Waals surface area (Å²) < 4.78 is 19.3. The first-order valence-electron chi connectivity index (χ1n) is 9.96. The highest BCUT2D eigenvalue weighted by Crippen LogP contribution is 2.44. The average Bonchev–Trinajstić information content (AvgIpc) is 3.09. The van der Waals surface area contributed by atoms with E-state index in [-0.39, 0.29) is 30.3 Å². The normalized spacial score (nSPS) is 14.4. The zero-order valence-electron chi connectivity index (χ0n) is 16.7. The smallest absolute Gasteiger partial charge is 0.407 e. The van der Waals surface area contributed by atoms with Gasteiger partial charge in [-0.1, -0.05) is 54.6 Å². The Hall–Kier alpha value is -3.42. The molecule has 0 radical (unpaired) electrons. The average molecular weight is 422 g/mol. The molecular weight excluding hydrogens is 399 g/mol. The number of hydrogen-bond donors (Lipinski definition) is 4. The Kier molecular flexibility index (Phi) is 5.88. The van der Waals surface area contributed by atoms with E-state index >= 15 is 0 Å². The van der Waals surface area contributed by atoms with Gasteiger partial charge in [-0.2, -0.15) is 0 Å². The van der Waals surface area contributed by atoms with Crippen LogP contribution in [0.2, 0.25) is 0 Å². The van der Waals surface area contributed by atoms with Gasteiger partial charge < -0.3 is 26.0 Å². The monoisotopic (exact) mass is 422 g/mol. The molecule has 4 rings (SSSR count). The molecule has 0 saturated carbocycles. The molecule has 31 heavy (non-hydrogen) atoms. The summed E-state index contributed by atoms with van der Waals surface area (Å²) in [6, 6.07) is 19.9. The van der Waals surface area contributed by atoms with Gasteiger partial charge in [-0.3, -0.25) is 0 Å². The Balaban J connectivity index is 1.36. The molecule has 0 spiro atoms. The Bertz CT molecular complexity index is 1040. The van der Waals surface area contributed by atoms with Crippen molar-refractivity contribution in [2.45, 2.75) is 18.1 Å². The van der Waals surface area contributed by atoms with Crippen molar-refractivity contribution >= 4 is 11.8 Å². The van der Waals surface area contributed by atoms with E-state index in [9.17, 15) is 19.4 Å². The molecule has 6 nitrogen and oxygen atoms in total. The number of nitrogens with one attached hydrogen (secondary N) is 1. The molecular formula is C24H23FN2O4. The van der Waals surface area contributed by atoms with Crippen molar-refractivity contribution in [3.8, 4) is 11.1 Å². The zero-order chi connectivity index (χ0) is 22.0. The Morgan fingerprint density at radius 1 is 1.00 bits per heavy atom. The second-order valence-corrected chi connectivity index (χ2v) is 7.46. The van der Waals surface area contributed by atoms with E-state index in [1.165, 1.54) is 12.1 Å². The summed E-state index contributed by atoms with van der Waals surface area (Å²) in [4.78, 5) is 12.2. The molecule has 0 aromatic heterocycles. The fourth-order valence-corrected chi connectivity index (χ4v) is 4.01. The predicted molar refractivity (Wildman–Crippen MR) is 115 cm³/mol. The number of nitrogens with two attached hydrogens (primary N) is 1. The Morgan fingerprint density at radius 3 is 2.23 bits per heavy atom. The molecule has 7 heteroatoms. The maximum absolute atomic E-state index is 13.9. The number of amides is 1. The minimum absolute atomic E-state index is 0.0210. The van der Waals surface area contributed by atoms with E-state index in [1.54, 1.807) is 0 Å². The zero-order valence-corrected chi connectivity index (χ0v) is 16.7. The van der Waals surface area contributed by atoms with E-state index in [2.05, 4.69) is 5.32 Å². The minimum atomic E-state index is -1.59. The third kappa shape index (κ3) is 4.10. The highest BCUT2D eigenvalue weighted by molar-refractivity contribution is 5.79. The van der Waals surface area contributed by atoms with Crippen molar-refractivity contribution in [2.24, 2.45) is 0 Å². The van der Waals surface area contributed by atoms with E-state index < -0.39 is 24.1 Å². The topological polar surface area (TPSA) is 105 Å². The van der Waals surface area contributed by atoms with Crippen LogP contribution in [0.1, 0.15) is 28.7 Å². The van der Waals surface area contributed by atoms with Crippen LogP contribution in [0.5, 0.6) is 0 Å². The van der Waals surface area contributed by atoms with Crippen molar-refractivity contribution in [2.75, 3.05) is 18.9 Å². The van der Waals surface area contributed by atoms with Gasteiger partial charge in [-0.15, -0.1) is 0 Å². The molecule has 5 N–H and O–H groups in total. The van der Waals surface area contributed by atoms with Crippen LogP contribution in [0.4, 0.5) is 14.9 Å². The molecule has 0 fully saturated rings. The molecule has 0 aliphatic heterocycles. The summed E-state index contributed by atoms with van der Waals surface area (Å²) in [5, 5.41) is 22.8. The summed E-state index contributed by atoms with van der Waals surface area (Å²) >= 11 is 0. The quantitative estimate of drug-likeness (QED) is 0.456. The number of nitrogen functional groups attached to an aromatic ring is 1. The van der Waals surface area contributed by atoms with Crippen LogP contribution in [0.25, 0.3) is 11.1 Å². The van der Waals surface area contributed by atoms with E-state index in [4.69, 9.17) is 10.5 Å². The van der Waals surface area contributed by atoms with E-state index in [0.29, 0.717) is 0 Å². The van der Waals surface area contributed by atoms with Crippen LogP contribution in [0.3, 0.4) is 0 Å². The molecule has 0 saturated heterocycles. The van der Waals surface area contributed by atoms with Crippen LogP contribution in [-0.4, -0.2) is 35.6 Å². The highest BCUT2D eigenvalue weighted by atomic mass is 19.1. The van der Waals surface area contributed by atoms with Gasteiger partial charge >= 0.3 is 6.09 Å². The third-order valence-corrected chi connectivity index (χ3v) is 5.55. The summed E-state index contributed by atoms with van der Waals surface area (Å²) in [6.07, 6.45) is -3.79. The molecule has 1 aliphatic carbocycles. The lowest BCUT2D eigenvalue weighted by Gasteiger charge is -2.21. The number of aliphatic hydroxyl groups is 2. The second kappa shape index (κ2) is 8.75. The van der Waals surface area contributed by atoms with E-state index in [1.807, 2.05) is 48.5 Å². The summed E-state index contributed by atoms with van der Waals surface area (Å²) in [5.41, 5.74) is 9.91. The maximum Gasteiger partial charge on any atom is 0.407 e. The standard InChI is InChI=1S/C24H23FN2O4/c25-19-10-5-11-20(26)22(19)23(29)21(28)12-27-24(30)31-13-18-16-8-3-1-6-14(16)15-7-2-4-9-17(15)18/h1-11,18,21,23,28-29H,12-13,26H2,(H,27,30). The number of ether oxygens (including phenoxy) is 1. The second-order valence-electron chi connectivity index (χ2n) is 7.46. The lowest BCUT2D eigenvalue weighted by molar-refractivity contribution is 0.0170. The fraction of sp³-hybridized carbons (Fsp3) is 0.208. The number of aliphatic hydroxyl groups excluding tert-OH is 2. The maximum atomic E-state index is 13.9. The Morgan fingerprint density at radius 2 is 1.61 bits per heavy atom. The van der Waals surface area contributed by atoms with Crippen LogP contribution in [0, 0.1) is 5.82 Å². The number of alkyl carbamates (subject to hydrolysis) is 1. The molecule has 0 heterocycles. The van der Waals surface area contributed by atoms with Crippen molar-refractivity contribution in [3.05, 3.63) is 89.2 Å². The SMILES string of the molecule is Nc1cccc(F)c1C(O)C(O)CNC(=O)OCC1c2ccccc2-c2ccccc21. The lowest BCUT2D eigenvalue weighted by atomic mass is 9.98. The summed E-state index contributed by atoms with van der Waals surface area (Å²) in [5.74, 6) is -0.820. The van der Waals surface area contributed by atoms with E-state index in [0.717, 1.165) is 28.3 Å². The van der Waals surface area contributed by atoms with Gasteiger partial charge in [0.05, 0.1) is 0 Å². The van der Waals surface area contributed by atoms with Crippen LogP contribution < -0.4 is 11.1 Å². The number of anilines is 1. The van der Waals surface area contributed by atoms with Crippen LogP contribution in [0.15, 0.2) is 66.7 Å². The molecule has 2 unspecified atom stereocenters. The largest absolute Gasteiger partial charge is 0.449 e. The number of rotatable bonds is 6. The molecule has 1 amide bonds. The summed E-state index contributed by atoms with van der Waals surface area (Å²) in [7, 11) is 0. The number of fused-ring (bicyclic) bond motifs is 3. The van der Waals surface area contributed by atoms with Crippen molar-refractivity contribution in [3.63, 3.8) is 0 Å². The lowest BCUT2D eigenvalue weighted by Crippen LogP contribution is -2.36. The number of halogens is 1. The van der Waals surface area contributed by atoms with Crippen LogP contribution in [-0.2, 0) is 4.74 Å². The third-order valence-electron chi connectivity index (χ3n) is 5.55. The molecule has 1 aliphatic rings. The predicted octanol–water partition coefficient (Wildman–Crippen LogP) is 3.34. The first-order chi connectivity index (χ1) is 15.0. The van der Waals surface area contributed by atoms with Crippen molar-refractivity contribution < 1.29 is 24.1 Å². The first kappa shape index (κ1) is 20.8. The molecule has 3 aromatic rings. The fourth-order valence-electron chi connectivity index (χ4n) is 4.01. The molecule has 3 aromatic carbocycles. The van der Waals surface area contributed by atoms with Crippen LogP contribution >= 0.6 is 0 Å². The number of carbonyl (C=O) groups is 1. The minimum Gasteiger partial charge on any atom is -0.449 e. The van der Waals surface area contributed by atoms with Crippen molar-refractivity contribution in [1.82, 2.24) is 5.32 Å². The van der Waals surface area contributed by atoms with Gasteiger partial charge in [0, 0.05) is 23.7 Å². The first-order valence-corrected chi connectivity index (χ1v) is 9.96. The Labute approximate surface area is 179 Å². The van der Waals surface area contributed by atoms with Gasteiger partial charge in [0.2, 0.25) is 0 Å². The number of hydrogen-bond acceptors (Lipinski definition) is 5. The molecule has 2 atom stereocenters. The number of benzene rings is 3. The van der Waals surface area contributed by atoms with Gasteiger partial charge in [0.15, 0.2) is 0 Å². The molecule has 0 bridgehead atoms. The molecule has 160 valence electrons. The number of carbonyl (C=O) groups excluding carboxylic acids is 1. The van der Waals surface area contributed by atoms with Gasteiger partial charge in [-0.05, 0) is 34.4 Å².